The summed E-state index contributed by atoms with van der Waals surface area (Å²) >= 11 is 0. The Morgan fingerprint density at radius 2 is 1.82 bits per heavy atom. The van der Waals surface area contributed by atoms with E-state index in [4.69, 9.17) is 10.5 Å². The molecule has 2 saturated heterocycles. The average molecular weight is 599 g/mol. The number of nitrogens with zero attached hydrogens (tertiary/aromatic N) is 7. The van der Waals surface area contributed by atoms with Crippen LogP contribution in [0.3, 0.4) is 0 Å². The summed E-state index contributed by atoms with van der Waals surface area (Å²) in [6.07, 6.45) is 5.83. The fourth-order valence-corrected chi connectivity index (χ4v) is 6.69. The van der Waals surface area contributed by atoms with E-state index in [9.17, 15) is 14.0 Å². The molecule has 11 nitrogen and oxygen atoms in total. The highest BCUT2D eigenvalue weighted by Gasteiger charge is 2.45. The number of rotatable bonds is 9. The third-order valence-electron chi connectivity index (χ3n) is 9.37. The number of benzene rings is 2. The van der Waals surface area contributed by atoms with Crippen LogP contribution < -0.4 is 10.5 Å². The topological polar surface area (TPSA) is 132 Å². The van der Waals surface area contributed by atoms with Crippen molar-refractivity contribution in [3.8, 4) is 11.4 Å². The Morgan fingerprint density at radius 1 is 1.02 bits per heavy atom. The van der Waals surface area contributed by atoms with Gasteiger partial charge in [0.15, 0.2) is 0 Å². The lowest BCUT2D eigenvalue weighted by Crippen LogP contribution is -2.51. The molecule has 12 heteroatoms. The van der Waals surface area contributed by atoms with Crippen molar-refractivity contribution in [2.24, 2.45) is 5.73 Å². The van der Waals surface area contributed by atoms with Gasteiger partial charge in [-0.1, -0.05) is 18.2 Å². The fraction of sp³-hybridized carbons (Fsp3) is 0.375. The third-order valence-corrected chi connectivity index (χ3v) is 9.37. The normalized spacial score (nSPS) is 20.0. The van der Waals surface area contributed by atoms with Crippen molar-refractivity contribution in [1.29, 1.82) is 0 Å². The smallest absolute Gasteiger partial charge is 0.257 e. The molecule has 2 amide bonds. The fourth-order valence-electron chi connectivity index (χ4n) is 6.69. The summed E-state index contributed by atoms with van der Waals surface area (Å²) in [5, 5.41) is 11.3. The zero-order valence-corrected chi connectivity index (χ0v) is 24.6. The zero-order valence-electron chi connectivity index (χ0n) is 24.6. The van der Waals surface area contributed by atoms with E-state index in [-0.39, 0.29) is 23.0 Å². The van der Waals surface area contributed by atoms with Crippen molar-refractivity contribution in [3.05, 3.63) is 95.8 Å². The maximum absolute atomic E-state index is 14.0. The van der Waals surface area contributed by atoms with Gasteiger partial charge in [-0.25, -0.2) is 9.07 Å². The molecule has 2 aromatic heterocycles. The number of primary amides is 1. The quantitative estimate of drug-likeness (QED) is 0.311. The van der Waals surface area contributed by atoms with Gasteiger partial charge in [0.1, 0.15) is 17.9 Å². The monoisotopic (exact) mass is 598 g/mol. The number of hydrogen-bond acceptors (Lipinski definition) is 8. The van der Waals surface area contributed by atoms with Crippen LogP contribution in [0.15, 0.2) is 73.2 Å². The highest BCUT2D eigenvalue weighted by molar-refractivity contribution is 5.98. The first-order valence-electron chi connectivity index (χ1n) is 14.7. The summed E-state index contributed by atoms with van der Waals surface area (Å²) in [5.74, 6) is -0.332. The number of pyridine rings is 1. The molecular weight excluding hydrogens is 563 g/mol. The second-order valence-corrected chi connectivity index (χ2v) is 11.7. The van der Waals surface area contributed by atoms with E-state index < -0.39 is 5.41 Å². The van der Waals surface area contributed by atoms with Gasteiger partial charge in [-0.05, 0) is 104 Å². The molecule has 2 fully saturated rings. The maximum atomic E-state index is 14.0. The van der Waals surface area contributed by atoms with E-state index in [0.29, 0.717) is 56.0 Å². The first kappa shape index (κ1) is 29.4. The van der Waals surface area contributed by atoms with Gasteiger partial charge < -0.3 is 20.3 Å². The van der Waals surface area contributed by atoms with E-state index in [1.165, 1.54) is 30.3 Å². The number of likely N-dealkylation sites (tertiary alicyclic amines) is 2. The number of hydrogen-bond donors (Lipinski definition) is 1. The molecule has 0 aliphatic carbocycles. The van der Waals surface area contributed by atoms with Crippen LogP contribution in [0.5, 0.6) is 5.75 Å². The van der Waals surface area contributed by atoms with E-state index in [1.807, 2.05) is 35.2 Å². The van der Waals surface area contributed by atoms with Crippen LogP contribution in [-0.2, 0) is 15.6 Å². The van der Waals surface area contributed by atoms with Crippen LogP contribution in [0.4, 0.5) is 4.39 Å². The number of halogens is 1. The Hall–Kier alpha value is -4.71. The number of carbonyl (C=O) groups is 2. The summed E-state index contributed by atoms with van der Waals surface area (Å²) in [5.41, 5.74) is 7.56. The molecular formula is C32H35FN8O3. The molecule has 6 rings (SSSR count). The van der Waals surface area contributed by atoms with Crippen LogP contribution in [0.25, 0.3) is 5.69 Å². The Morgan fingerprint density at radius 3 is 2.48 bits per heavy atom. The Bertz CT molecular complexity index is 1610. The van der Waals surface area contributed by atoms with Gasteiger partial charge in [0.25, 0.3) is 5.91 Å². The number of aromatic nitrogens is 5. The largest absolute Gasteiger partial charge is 0.496 e. The molecule has 2 aliphatic rings. The Kier molecular flexibility index (Phi) is 8.09. The van der Waals surface area contributed by atoms with Crippen LogP contribution in [-0.4, -0.2) is 86.6 Å². The van der Waals surface area contributed by atoms with Gasteiger partial charge in [-0.15, -0.1) is 5.10 Å². The number of carbonyl (C=O) groups excluding carboxylic acids is 2. The molecule has 44 heavy (non-hydrogen) atoms. The molecule has 0 spiro atoms. The summed E-state index contributed by atoms with van der Waals surface area (Å²) in [4.78, 5) is 35.3. The molecule has 228 valence electrons. The first-order chi connectivity index (χ1) is 21.3. The summed E-state index contributed by atoms with van der Waals surface area (Å²) in [6, 6.07) is 17.5. The highest BCUT2D eigenvalue weighted by atomic mass is 19.1. The molecule has 2 aromatic carbocycles. The Labute approximate surface area is 254 Å². The lowest BCUT2D eigenvalue weighted by atomic mass is 9.73. The predicted octanol–water partition coefficient (Wildman–Crippen LogP) is 2.90. The van der Waals surface area contributed by atoms with E-state index in [0.717, 1.165) is 30.6 Å². The third kappa shape index (κ3) is 5.52. The number of tetrazole rings is 1. The van der Waals surface area contributed by atoms with Gasteiger partial charge in [0, 0.05) is 24.7 Å². The van der Waals surface area contributed by atoms with Gasteiger partial charge in [0.2, 0.25) is 5.91 Å². The van der Waals surface area contributed by atoms with E-state index in [2.05, 4.69) is 25.4 Å². The average Bonchev–Trinajstić information content (AvgIpc) is 3.76. The predicted molar refractivity (Wildman–Crippen MR) is 160 cm³/mol. The lowest BCUT2D eigenvalue weighted by molar-refractivity contribution is -0.125. The number of nitrogens with two attached hydrogens (primary N) is 1. The van der Waals surface area contributed by atoms with Gasteiger partial charge >= 0.3 is 0 Å². The lowest BCUT2D eigenvalue weighted by Gasteiger charge is -2.40. The second-order valence-electron chi connectivity index (χ2n) is 11.7. The van der Waals surface area contributed by atoms with Crippen molar-refractivity contribution >= 4 is 11.8 Å². The molecule has 4 heterocycles. The SMILES string of the molecule is COc1ccc(-n2cnnn2)cc1C(=O)N1CCC(CCN2CCC(C(N)=O)(c3ccccn3)CC2)(c2ccc(F)cc2)C1. The van der Waals surface area contributed by atoms with Crippen molar-refractivity contribution in [2.45, 2.75) is 36.5 Å². The number of ether oxygens (including phenoxy) is 1. The number of piperidine rings is 1. The van der Waals surface area contributed by atoms with Gasteiger partial charge in [0.05, 0.1) is 29.5 Å². The van der Waals surface area contributed by atoms with Crippen LogP contribution in [0.2, 0.25) is 0 Å². The van der Waals surface area contributed by atoms with E-state index in [1.54, 1.807) is 24.4 Å². The van der Waals surface area contributed by atoms with Crippen molar-refractivity contribution in [1.82, 2.24) is 35.0 Å². The summed E-state index contributed by atoms with van der Waals surface area (Å²) < 4.78 is 21.0. The van der Waals surface area contributed by atoms with Crippen LogP contribution in [0.1, 0.15) is 47.3 Å². The number of amides is 2. The van der Waals surface area contributed by atoms with Crippen LogP contribution >= 0.6 is 0 Å². The molecule has 0 bridgehead atoms. The summed E-state index contributed by atoms with van der Waals surface area (Å²) in [7, 11) is 1.54. The maximum Gasteiger partial charge on any atom is 0.257 e. The summed E-state index contributed by atoms with van der Waals surface area (Å²) in [6.45, 7) is 3.17. The minimum atomic E-state index is -0.779. The van der Waals surface area contributed by atoms with Crippen molar-refractivity contribution in [3.63, 3.8) is 0 Å². The Balaban J connectivity index is 1.21. The first-order valence-corrected chi connectivity index (χ1v) is 14.7. The minimum absolute atomic E-state index is 0.152. The van der Waals surface area contributed by atoms with Crippen molar-refractivity contribution in [2.75, 3.05) is 39.8 Å². The molecule has 4 aromatic rings. The second kappa shape index (κ2) is 12.1. The minimum Gasteiger partial charge on any atom is -0.496 e. The highest BCUT2D eigenvalue weighted by Crippen LogP contribution is 2.41. The molecule has 1 unspecified atom stereocenters. The van der Waals surface area contributed by atoms with Gasteiger partial charge in [-0.2, -0.15) is 0 Å². The molecule has 0 saturated carbocycles. The number of methoxy groups -OCH3 is 1. The zero-order chi connectivity index (χ0) is 30.7. The van der Waals surface area contributed by atoms with Gasteiger partial charge in [-0.3, -0.25) is 14.6 Å². The standard InChI is InChI=1S/C32H35FN8O3/c1-44-27-10-9-25(41-22-36-37-38-41)20-26(27)29(42)40-19-12-31(21-40,23-5-7-24(33)8-6-23)11-16-39-17-13-32(14-18-39,30(34)43)28-4-2-3-15-35-28/h2-10,15,20,22H,11-14,16-19,21H2,1H3,(H2,34,43). The van der Waals surface area contributed by atoms with E-state index >= 15 is 0 Å². The molecule has 0 radical (unpaired) electrons. The van der Waals surface area contributed by atoms with Crippen molar-refractivity contribution < 1.29 is 18.7 Å². The molecule has 2 aliphatic heterocycles. The molecule has 2 N–H and O–H groups in total. The van der Waals surface area contributed by atoms with Crippen LogP contribution in [0, 0.1) is 5.82 Å². The molecule has 1 atom stereocenters.